The SMILES string of the molecule is O=[N+]([O-])[C@@H]1C=CC[C@@H]2CO[C@@H](c3ccccc3)O[C@H]21. The molecule has 1 aliphatic heterocycles. The van der Waals surface area contributed by atoms with Crippen molar-refractivity contribution in [3.05, 3.63) is 58.2 Å². The van der Waals surface area contributed by atoms with E-state index in [1.165, 1.54) is 0 Å². The molecule has 1 aromatic carbocycles. The second-order valence-electron chi connectivity index (χ2n) is 4.88. The first kappa shape index (κ1) is 12.3. The van der Waals surface area contributed by atoms with Crippen LogP contribution in [0.1, 0.15) is 18.3 Å². The van der Waals surface area contributed by atoms with Gasteiger partial charge in [-0.3, -0.25) is 10.1 Å². The fourth-order valence-corrected chi connectivity index (χ4v) is 2.64. The molecule has 0 saturated carbocycles. The van der Waals surface area contributed by atoms with Gasteiger partial charge in [-0.1, -0.05) is 36.4 Å². The Balaban J connectivity index is 1.80. The second-order valence-corrected chi connectivity index (χ2v) is 4.88. The van der Waals surface area contributed by atoms with Gasteiger partial charge in [-0.15, -0.1) is 0 Å². The van der Waals surface area contributed by atoms with Crippen LogP contribution < -0.4 is 0 Å². The van der Waals surface area contributed by atoms with Gasteiger partial charge >= 0.3 is 0 Å². The van der Waals surface area contributed by atoms with Gasteiger partial charge in [0.25, 0.3) is 6.04 Å². The highest BCUT2D eigenvalue weighted by atomic mass is 16.7. The zero-order chi connectivity index (χ0) is 13.2. The van der Waals surface area contributed by atoms with Crippen LogP contribution in [0.2, 0.25) is 0 Å². The fraction of sp³-hybridized carbons (Fsp3) is 0.429. The first-order valence-corrected chi connectivity index (χ1v) is 6.38. The molecule has 0 aromatic heterocycles. The van der Waals surface area contributed by atoms with E-state index in [-0.39, 0.29) is 10.8 Å². The maximum atomic E-state index is 11.1. The summed E-state index contributed by atoms with van der Waals surface area (Å²) in [6.45, 7) is 0.499. The van der Waals surface area contributed by atoms with Gasteiger partial charge in [0.1, 0.15) is 6.10 Å². The van der Waals surface area contributed by atoms with E-state index in [1.54, 1.807) is 6.08 Å². The number of hydrogen-bond donors (Lipinski definition) is 0. The molecule has 0 radical (unpaired) electrons. The molecular weight excluding hydrogens is 246 g/mol. The fourth-order valence-electron chi connectivity index (χ4n) is 2.64. The van der Waals surface area contributed by atoms with Crippen molar-refractivity contribution < 1.29 is 14.4 Å². The first-order valence-electron chi connectivity index (χ1n) is 6.38. The largest absolute Gasteiger partial charge is 0.348 e. The van der Waals surface area contributed by atoms with Gasteiger partial charge in [-0.25, -0.2) is 0 Å². The van der Waals surface area contributed by atoms with Crippen molar-refractivity contribution in [2.24, 2.45) is 5.92 Å². The average Bonchev–Trinajstić information content (AvgIpc) is 2.47. The van der Waals surface area contributed by atoms with E-state index >= 15 is 0 Å². The Bertz CT molecular complexity index is 487. The summed E-state index contributed by atoms with van der Waals surface area (Å²) < 4.78 is 11.5. The molecule has 1 aromatic rings. The van der Waals surface area contributed by atoms with E-state index in [0.717, 1.165) is 12.0 Å². The molecule has 1 saturated heterocycles. The number of ether oxygens (including phenoxy) is 2. The standard InChI is InChI=1S/C14H15NO4/c16-15(17)12-8-4-7-11-9-18-14(19-13(11)12)10-5-2-1-3-6-10/h1-6,8,11-14H,7,9H2/t11-,12-,13-,14-/m1/s1. The third kappa shape index (κ3) is 2.39. The summed E-state index contributed by atoms with van der Waals surface area (Å²) in [4.78, 5) is 10.8. The summed E-state index contributed by atoms with van der Waals surface area (Å²) in [5.74, 6) is 0.0698. The van der Waals surface area contributed by atoms with Gasteiger partial charge in [0.05, 0.1) is 6.61 Å². The lowest BCUT2D eigenvalue weighted by Gasteiger charge is -2.38. The molecule has 1 fully saturated rings. The predicted octanol–water partition coefficient (Wildman–Crippen LogP) is 2.32. The molecule has 0 unspecified atom stereocenters. The molecule has 1 heterocycles. The third-order valence-corrected chi connectivity index (χ3v) is 3.63. The zero-order valence-electron chi connectivity index (χ0n) is 10.3. The average molecular weight is 261 g/mol. The Kier molecular flexibility index (Phi) is 3.31. The van der Waals surface area contributed by atoms with Crippen LogP contribution in [0.25, 0.3) is 0 Å². The minimum atomic E-state index is -0.770. The third-order valence-electron chi connectivity index (χ3n) is 3.63. The summed E-state index contributed by atoms with van der Waals surface area (Å²) in [7, 11) is 0. The molecule has 19 heavy (non-hydrogen) atoms. The highest BCUT2D eigenvalue weighted by Gasteiger charge is 2.43. The number of nitrogens with zero attached hydrogens (tertiary/aromatic N) is 1. The zero-order valence-corrected chi connectivity index (χ0v) is 10.3. The van der Waals surface area contributed by atoms with Gasteiger partial charge in [-0.2, -0.15) is 0 Å². The van der Waals surface area contributed by atoms with Crippen LogP contribution >= 0.6 is 0 Å². The van der Waals surface area contributed by atoms with E-state index in [1.807, 2.05) is 36.4 Å². The molecule has 4 atom stereocenters. The topological polar surface area (TPSA) is 61.6 Å². The highest BCUT2D eigenvalue weighted by molar-refractivity contribution is 5.17. The van der Waals surface area contributed by atoms with Crippen LogP contribution in [0, 0.1) is 16.0 Å². The number of hydrogen-bond acceptors (Lipinski definition) is 4. The predicted molar refractivity (Wildman–Crippen MR) is 68.0 cm³/mol. The van der Waals surface area contributed by atoms with Crippen molar-refractivity contribution in [1.82, 2.24) is 0 Å². The Hall–Kier alpha value is -1.72. The van der Waals surface area contributed by atoms with E-state index in [4.69, 9.17) is 9.47 Å². The first-order chi connectivity index (χ1) is 9.25. The summed E-state index contributed by atoms with van der Waals surface area (Å²) in [5, 5.41) is 11.1. The normalized spacial score (nSPS) is 33.7. The van der Waals surface area contributed by atoms with Crippen LogP contribution in [0.5, 0.6) is 0 Å². The Labute approximate surface area is 111 Å². The lowest BCUT2D eigenvalue weighted by atomic mass is 9.87. The summed E-state index contributed by atoms with van der Waals surface area (Å²) in [5.41, 5.74) is 0.901. The number of rotatable bonds is 2. The van der Waals surface area contributed by atoms with Crippen molar-refractivity contribution in [1.29, 1.82) is 0 Å². The number of benzene rings is 1. The van der Waals surface area contributed by atoms with Crippen molar-refractivity contribution in [3.8, 4) is 0 Å². The van der Waals surface area contributed by atoms with E-state index in [2.05, 4.69) is 0 Å². The van der Waals surface area contributed by atoms with Gasteiger partial charge in [0.15, 0.2) is 6.29 Å². The summed E-state index contributed by atoms with van der Waals surface area (Å²) >= 11 is 0. The van der Waals surface area contributed by atoms with Gasteiger partial charge < -0.3 is 9.47 Å². The summed E-state index contributed by atoms with van der Waals surface area (Å²) in [6, 6.07) is 8.77. The van der Waals surface area contributed by atoms with Gasteiger partial charge in [0, 0.05) is 16.4 Å². The van der Waals surface area contributed by atoms with Gasteiger partial charge in [0.2, 0.25) is 0 Å². The van der Waals surface area contributed by atoms with Crippen LogP contribution in [0.3, 0.4) is 0 Å². The van der Waals surface area contributed by atoms with E-state index in [9.17, 15) is 10.1 Å². The number of allylic oxidation sites excluding steroid dienone is 1. The highest BCUT2D eigenvalue weighted by Crippen LogP contribution is 2.35. The van der Waals surface area contributed by atoms with Crippen molar-refractivity contribution in [2.45, 2.75) is 24.9 Å². The monoisotopic (exact) mass is 261 g/mol. The van der Waals surface area contributed by atoms with Crippen LogP contribution in [0.15, 0.2) is 42.5 Å². The molecule has 0 amide bonds. The lowest BCUT2D eigenvalue weighted by Crippen LogP contribution is -2.47. The van der Waals surface area contributed by atoms with Crippen LogP contribution in [-0.2, 0) is 9.47 Å². The van der Waals surface area contributed by atoms with E-state index < -0.39 is 18.4 Å². The molecule has 100 valence electrons. The molecular formula is C14H15NO4. The number of fused-ring (bicyclic) bond motifs is 1. The molecule has 2 aliphatic rings. The van der Waals surface area contributed by atoms with Gasteiger partial charge in [-0.05, 0) is 12.5 Å². The molecule has 5 heteroatoms. The molecule has 3 rings (SSSR count). The minimum absolute atomic E-state index is 0.0698. The molecule has 0 spiro atoms. The maximum Gasteiger partial charge on any atom is 0.257 e. The molecule has 5 nitrogen and oxygen atoms in total. The maximum absolute atomic E-state index is 11.1. The smallest absolute Gasteiger partial charge is 0.257 e. The second kappa shape index (κ2) is 5.11. The Morgan fingerprint density at radius 2 is 2.05 bits per heavy atom. The van der Waals surface area contributed by atoms with Crippen LogP contribution in [0.4, 0.5) is 0 Å². The quantitative estimate of drug-likeness (QED) is 0.465. The number of nitro groups is 1. The van der Waals surface area contributed by atoms with Crippen LogP contribution in [-0.4, -0.2) is 23.7 Å². The van der Waals surface area contributed by atoms with Crippen molar-refractivity contribution >= 4 is 0 Å². The molecule has 1 aliphatic carbocycles. The lowest BCUT2D eigenvalue weighted by molar-refractivity contribution is -0.531. The van der Waals surface area contributed by atoms with Crippen molar-refractivity contribution in [3.63, 3.8) is 0 Å². The molecule has 0 N–H and O–H groups in total. The van der Waals surface area contributed by atoms with E-state index in [0.29, 0.717) is 6.61 Å². The summed E-state index contributed by atoms with van der Waals surface area (Å²) in [6.07, 6.45) is 3.35. The Morgan fingerprint density at radius 1 is 1.26 bits per heavy atom. The van der Waals surface area contributed by atoms with Crippen molar-refractivity contribution in [2.75, 3.05) is 6.61 Å². The minimum Gasteiger partial charge on any atom is -0.348 e. The molecule has 0 bridgehead atoms. The Morgan fingerprint density at radius 3 is 2.79 bits per heavy atom.